The van der Waals surface area contributed by atoms with Crippen molar-refractivity contribution in [2.45, 2.75) is 25.9 Å². The SMILES string of the molecule is CCC(=O)N1CC2CC(CN(C[C@@H](O)COc3ccc(C#N)cc3)C2)C1. The smallest absolute Gasteiger partial charge is 0.222 e. The van der Waals surface area contributed by atoms with Gasteiger partial charge in [-0.15, -0.1) is 0 Å². The lowest BCUT2D eigenvalue weighted by Crippen LogP contribution is -2.55. The van der Waals surface area contributed by atoms with E-state index in [0.29, 0.717) is 36.1 Å². The van der Waals surface area contributed by atoms with Crippen molar-refractivity contribution >= 4 is 5.91 Å². The molecule has 2 aliphatic rings. The Bertz CT molecular complexity index is 641. The molecule has 1 amide bonds. The van der Waals surface area contributed by atoms with Crippen LogP contribution in [0.5, 0.6) is 5.75 Å². The Hall–Kier alpha value is -2.10. The number of rotatable bonds is 6. The van der Waals surface area contributed by atoms with Gasteiger partial charge in [-0.25, -0.2) is 0 Å². The molecule has 6 heteroatoms. The fourth-order valence-electron chi connectivity index (χ4n) is 4.13. The monoisotopic (exact) mass is 357 g/mol. The number of hydrogen-bond acceptors (Lipinski definition) is 5. The molecule has 6 nitrogen and oxygen atoms in total. The van der Waals surface area contributed by atoms with Crippen molar-refractivity contribution in [3.8, 4) is 11.8 Å². The number of nitriles is 1. The van der Waals surface area contributed by atoms with Crippen LogP contribution < -0.4 is 4.74 Å². The molecule has 26 heavy (non-hydrogen) atoms. The second-order valence-electron chi connectivity index (χ2n) is 7.44. The van der Waals surface area contributed by atoms with Gasteiger partial charge in [-0.3, -0.25) is 9.69 Å². The molecule has 0 saturated carbocycles. The molecule has 3 rings (SSSR count). The third-order valence-corrected chi connectivity index (χ3v) is 5.21. The van der Waals surface area contributed by atoms with E-state index in [1.807, 2.05) is 11.8 Å². The Labute approximate surface area is 155 Å². The molecule has 2 bridgehead atoms. The van der Waals surface area contributed by atoms with Crippen LogP contribution in [0, 0.1) is 23.2 Å². The average molecular weight is 357 g/mol. The third kappa shape index (κ3) is 4.75. The Morgan fingerprint density at radius 1 is 1.27 bits per heavy atom. The number of piperidine rings is 2. The van der Waals surface area contributed by atoms with Crippen molar-refractivity contribution < 1.29 is 14.6 Å². The van der Waals surface area contributed by atoms with Crippen LogP contribution in [0.4, 0.5) is 0 Å². The van der Waals surface area contributed by atoms with Crippen molar-refractivity contribution in [3.05, 3.63) is 29.8 Å². The number of likely N-dealkylation sites (tertiary alicyclic amines) is 2. The zero-order valence-electron chi connectivity index (χ0n) is 15.3. The lowest BCUT2D eigenvalue weighted by molar-refractivity contribution is -0.135. The summed E-state index contributed by atoms with van der Waals surface area (Å²) >= 11 is 0. The fraction of sp³-hybridized carbons (Fsp3) is 0.600. The first kappa shape index (κ1) is 18.7. The van der Waals surface area contributed by atoms with E-state index in [9.17, 15) is 9.90 Å². The Kier molecular flexibility index (Phi) is 6.12. The lowest BCUT2D eigenvalue weighted by atomic mass is 9.84. The number of β-amino-alcohol motifs (C(OH)–C–C–N with tert-alkyl or cyclic N) is 1. The molecule has 2 aliphatic heterocycles. The maximum Gasteiger partial charge on any atom is 0.222 e. The molecule has 2 unspecified atom stereocenters. The average Bonchev–Trinajstić information content (AvgIpc) is 2.65. The standard InChI is InChI=1S/C20H27N3O3/c1-2-20(25)23-11-16-7-17(12-23)10-22(9-16)13-18(24)14-26-19-5-3-15(8-21)4-6-19/h3-6,16-18,24H,2,7,9-14H2,1H3/t16?,17?,18-/m1/s1. The molecule has 0 aromatic heterocycles. The zero-order chi connectivity index (χ0) is 18.5. The molecule has 1 N–H and O–H groups in total. The summed E-state index contributed by atoms with van der Waals surface area (Å²) in [5.41, 5.74) is 0.591. The normalized spacial score (nSPS) is 24.0. The first-order valence-corrected chi connectivity index (χ1v) is 9.38. The van der Waals surface area contributed by atoms with Crippen LogP contribution in [0.3, 0.4) is 0 Å². The predicted molar refractivity (Wildman–Crippen MR) is 97.6 cm³/mol. The van der Waals surface area contributed by atoms with Gasteiger partial charge in [0.25, 0.3) is 0 Å². The van der Waals surface area contributed by atoms with Gasteiger partial charge in [0, 0.05) is 39.1 Å². The summed E-state index contributed by atoms with van der Waals surface area (Å²) in [7, 11) is 0. The van der Waals surface area contributed by atoms with Gasteiger partial charge in [0.05, 0.1) is 11.6 Å². The number of aliphatic hydroxyl groups excluding tert-OH is 1. The van der Waals surface area contributed by atoms with Gasteiger partial charge in [0.1, 0.15) is 18.5 Å². The number of aliphatic hydroxyl groups is 1. The Morgan fingerprint density at radius 3 is 2.50 bits per heavy atom. The van der Waals surface area contributed by atoms with Crippen LogP contribution in [0.1, 0.15) is 25.3 Å². The highest BCUT2D eigenvalue weighted by molar-refractivity contribution is 5.75. The van der Waals surface area contributed by atoms with Crippen molar-refractivity contribution in [3.63, 3.8) is 0 Å². The first-order valence-electron chi connectivity index (χ1n) is 9.38. The maximum atomic E-state index is 12.0. The minimum absolute atomic E-state index is 0.234. The third-order valence-electron chi connectivity index (χ3n) is 5.21. The number of benzene rings is 1. The van der Waals surface area contributed by atoms with Crippen LogP contribution in [0.25, 0.3) is 0 Å². The second kappa shape index (κ2) is 8.52. The van der Waals surface area contributed by atoms with Gasteiger partial charge in [0.15, 0.2) is 0 Å². The van der Waals surface area contributed by atoms with Gasteiger partial charge in [-0.05, 0) is 42.5 Å². The summed E-state index contributed by atoms with van der Waals surface area (Å²) in [4.78, 5) is 16.3. The van der Waals surface area contributed by atoms with E-state index in [1.165, 1.54) is 6.42 Å². The molecule has 140 valence electrons. The Balaban J connectivity index is 1.44. The molecule has 2 saturated heterocycles. The van der Waals surface area contributed by atoms with E-state index in [2.05, 4.69) is 11.0 Å². The van der Waals surface area contributed by atoms with Crippen molar-refractivity contribution in [2.75, 3.05) is 39.3 Å². The summed E-state index contributed by atoms with van der Waals surface area (Å²) < 4.78 is 5.63. The van der Waals surface area contributed by atoms with Crippen LogP contribution in [0.2, 0.25) is 0 Å². The molecule has 0 radical (unpaired) electrons. The highest BCUT2D eigenvalue weighted by Crippen LogP contribution is 2.29. The van der Waals surface area contributed by atoms with Gasteiger partial charge in [0.2, 0.25) is 5.91 Å². The van der Waals surface area contributed by atoms with E-state index in [4.69, 9.17) is 10.00 Å². The summed E-state index contributed by atoms with van der Waals surface area (Å²) in [6.45, 7) is 6.29. The van der Waals surface area contributed by atoms with Crippen molar-refractivity contribution in [2.24, 2.45) is 11.8 Å². The quantitative estimate of drug-likeness (QED) is 0.835. The summed E-state index contributed by atoms with van der Waals surface area (Å²) in [5.74, 6) is 1.92. The van der Waals surface area contributed by atoms with Crippen molar-refractivity contribution in [1.29, 1.82) is 5.26 Å². The molecule has 1 aromatic rings. The number of amides is 1. The molecular formula is C20H27N3O3. The van der Waals surface area contributed by atoms with Gasteiger partial charge < -0.3 is 14.7 Å². The maximum absolute atomic E-state index is 12.0. The topological polar surface area (TPSA) is 76.8 Å². The van der Waals surface area contributed by atoms with Crippen LogP contribution >= 0.6 is 0 Å². The second-order valence-corrected chi connectivity index (χ2v) is 7.44. The first-order chi connectivity index (χ1) is 12.6. The molecule has 0 spiro atoms. The molecule has 3 atom stereocenters. The van der Waals surface area contributed by atoms with E-state index in [1.54, 1.807) is 24.3 Å². The molecule has 0 aliphatic carbocycles. The zero-order valence-corrected chi connectivity index (χ0v) is 15.3. The van der Waals surface area contributed by atoms with Crippen LogP contribution in [-0.2, 0) is 4.79 Å². The van der Waals surface area contributed by atoms with Crippen LogP contribution in [-0.4, -0.2) is 66.2 Å². The van der Waals surface area contributed by atoms with Crippen molar-refractivity contribution in [1.82, 2.24) is 9.80 Å². The van der Waals surface area contributed by atoms with Gasteiger partial charge >= 0.3 is 0 Å². The molecular weight excluding hydrogens is 330 g/mol. The van der Waals surface area contributed by atoms with Crippen LogP contribution in [0.15, 0.2) is 24.3 Å². The van der Waals surface area contributed by atoms with E-state index in [-0.39, 0.29) is 12.5 Å². The summed E-state index contributed by atoms with van der Waals surface area (Å²) in [6, 6.07) is 8.97. The molecule has 1 aromatic carbocycles. The molecule has 2 heterocycles. The highest BCUT2D eigenvalue weighted by atomic mass is 16.5. The predicted octanol–water partition coefficient (Wildman–Crippen LogP) is 1.49. The van der Waals surface area contributed by atoms with Gasteiger partial charge in [-0.2, -0.15) is 5.26 Å². The number of carbonyl (C=O) groups excluding carboxylic acids is 1. The highest BCUT2D eigenvalue weighted by Gasteiger charge is 2.35. The lowest BCUT2D eigenvalue weighted by Gasteiger charge is -2.46. The minimum atomic E-state index is -0.558. The number of carbonyl (C=O) groups is 1. The summed E-state index contributed by atoms with van der Waals surface area (Å²) in [5, 5.41) is 19.1. The molecule has 2 fully saturated rings. The fourth-order valence-corrected chi connectivity index (χ4v) is 4.13. The largest absolute Gasteiger partial charge is 0.491 e. The number of nitrogens with zero attached hydrogens (tertiary/aromatic N) is 3. The minimum Gasteiger partial charge on any atom is -0.491 e. The van der Waals surface area contributed by atoms with E-state index >= 15 is 0 Å². The van der Waals surface area contributed by atoms with Gasteiger partial charge in [-0.1, -0.05) is 6.92 Å². The van der Waals surface area contributed by atoms with E-state index in [0.717, 1.165) is 26.2 Å². The number of ether oxygens (including phenoxy) is 1. The summed E-state index contributed by atoms with van der Waals surface area (Å²) in [6.07, 6.45) is 1.20. The Morgan fingerprint density at radius 2 is 1.92 bits per heavy atom. The number of fused-ring (bicyclic) bond motifs is 2. The number of hydrogen-bond donors (Lipinski definition) is 1. The van der Waals surface area contributed by atoms with E-state index < -0.39 is 6.10 Å².